The lowest BCUT2D eigenvalue weighted by Crippen LogP contribution is -2.53. The van der Waals surface area contributed by atoms with E-state index in [-0.39, 0.29) is 18.7 Å². The van der Waals surface area contributed by atoms with Crippen molar-refractivity contribution in [3.05, 3.63) is 0 Å². The molecular formula is C19H35N3O4. The molecule has 2 amide bonds. The van der Waals surface area contributed by atoms with Crippen molar-refractivity contribution in [1.82, 2.24) is 15.1 Å². The third kappa shape index (κ3) is 6.76. The molecule has 0 spiro atoms. The quantitative estimate of drug-likeness (QED) is 0.684. The molecule has 0 aromatic heterocycles. The van der Waals surface area contributed by atoms with Crippen molar-refractivity contribution in [2.24, 2.45) is 11.8 Å². The van der Waals surface area contributed by atoms with E-state index in [4.69, 9.17) is 9.84 Å². The molecule has 26 heavy (non-hydrogen) atoms. The van der Waals surface area contributed by atoms with Crippen LogP contribution < -0.4 is 5.32 Å². The fraction of sp³-hybridized carbons (Fsp3) is 0.895. The summed E-state index contributed by atoms with van der Waals surface area (Å²) >= 11 is 0. The molecule has 1 aliphatic heterocycles. The number of nitrogens with zero attached hydrogens (tertiary/aromatic N) is 2. The first kappa shape index (κ1) is 21.0. The lowest BCUT2D eigenvalue weighted by atomic mass is 9.77. The molecule has 1 saturated carbocycles. The molecule has 7 heteroatoms. The van der Waals surface area contributed by atoms with Crippen LogP contribution in [0.15, 0.2) is 0 Å². The number of morpholine rings is 1. The van der Waals surface area contributed by atoms with E-state index in [0.29, 0.717) is 32.2 Å². The highest BCUT2D eigenvalue weighted by Gasteiger charge is 2.28. The summed E-state index contributed by atoms with van der Waals surface area (Å²) < 4.78 is 5.70. The lowest BCUT2D eigenvalue weighted by molar-refractivity contribution is -0.138. The molecule has 2 rings (SSSR count). The van der Waals surface area contributed by atoms with Gasteiger partial charge in [0.15, 0.2) is 0 Å². The van der Waals surface area contributed by atoms with E-state index >= 15 is 0 Å². The van der Waals surface area contributed by atoms with Gasteiger partial charge in [0.2, 0.25) is 0 Å². The van der Waals surface area contributed by atoms with E-state index in [9.17, 15) is 9.59 Å². The number of carboxylic acids is 1. The monoisotopic (exact) mass is 369 g/mol. The Morgan fingerprint density at radius 3 is 2.69 bits per heavy atom. The molecule has 0 aromatic rings. The summed E-state index contributed by atoms with van der Waals surface area (Å²) in [6.45, 7) is 5.10. The fourth-order valence-electron chi connectivity index (χ4n) is 4.29. The highest BCUT2D eigenvalue weighted by atomic mass is 16.5. The van der Waals surface area contributed by atoms with Gasteiger partial charge in [-0.3, -0.25) is 9.69 Å². The average Bonchev–Trinajstić information content (AvgIpc) is 2.60. The molecule has 3 unspecified atom stereocenters. The fourth-order valence-corrected chi connectivity index (χ4v) is 4.29. The minimum absolute atomic E-state index is 0.0139. The van der Waals surface area contributed by atoms with Gasteiger partial charge in [-0.1, -0.05) is 39.0 Å². The van der Waals surface area contributed by atoms with Gasteiger partial charge in [-0.15, -0.1) is 0 Å². The van der Waals surface area contributed by atoms with E-state index < -0.39 is 5.97 Å². The number of urea groups is 1. The second-order valence-corrected chi connectivity index (χ2v) is 7.81. The van der Waals surface area contributed by atoms with Crippen molar-refractivity contribution in [2.75, 3.05) is 46.4 Å². The highest BCUT2D eigenvalue weighted by molar-refractivity contribution is 5.74. The maximum Gasteiger partial charge on any atom is 0.317 e. The topological polar surface area (TPSA) is 82.1 Å². The Labute approximate surface area is 157 Å². The highest BCUT2D eigenvalue weighted by Crippen LogP contribution is 2.32. The van der Waals surface area contributed by atoms with Gasteiger partial charge in [0.1, 0.15) is 0 Å². The zero-order chi connectivity index (χ0) is 18.9. The van der Waals surface area contributed by atoms with Crippen LogP contribution in [0.5, 0.6) is 0 Å². The van der Waals surface area contributed by atoms with Gasteiger partial charge in [-0.05, 0) is 25.3 Å². The van der Waals surface area contributed by atoms with Gasteiger partial charge in [-0.25, -0.2) is 4.79 Å². The summed E-state index contributed by atoms with van der Waals surface area (Å²) in [6.07, 6.45) is 7.45. The normalized spacial score (nSPS) is 26.7. The average molecular weight is 370 g/mol. The number of hydrogen-bond acceptors (Lipinski definition) is 4. The van der Waals surface area contributed by atoms with Crippen LogP contribution in [0.3, 0.4) is 0 Å². The molecule has 0 bridgehead atoms. The van der Waals surface area contributed by atoms with Gasteiger partial charge in [0, 0.05) is 26.2 Å². The minimum Gasteiger partial charge on any atom is -0.480 e. The number of likely N-dealkylation sites (N-methyl/N-ethyl adjacent to an activating group) is 1. The van der Waals surface area contributed by atoms with Crippen molar-refractivity contribution < 1.29 is 19.4 Å². The molecule has 0 aromatic carbocycles. The first-order valence-electron chi connectivity index (χ1n) is 10.0. The van der Waals surface area contributed by atoms with Gasteiger partial charge in [0.05, 0.1) is 19.3 Å². The second-order valence-electron chi connectivity index (χ2n) is 7.81. The molecule has 2 N–H and O–H groups in total. The maximum absolute atomic E-state index is 12.6. The van der Waals surface area contributed by atoms with Crippen molar-refractivity contribution in [3.63, 3.8) is 0 Å². The number of carbonyl (C=O) groups is 2. The summed E-state index contributed by atoms with van der Waals surface area (Å²) in [5, 5.41) is 12.0. The second kappa shape index (κ2) is 10.7. The smallest absolute Gasteiger partial charge is 0.317 e. The molecule has 1 heterocycles. The number of nitrogens with one attached hydrogen (secondary N) is 1. The molecule has 1 saturated heterocycles. The third-order valence-corrected chi connectivity index (χ3v) is 5.59. The van der Waals surface area contributed by atoms with Gasteiger partial charge >= 0.3 is 12.0 Å². The van der Waals surface area contributed by atoms with Crippen molar-refractivity contribution in [1.29, 1.82) is 0 Å². The largest absolute Gasteiger partial charge is 0.480 e. The van der Waals surface area contributed by atoms with Crippen LogP contribution in [-0.4, -0.2) is 79.4 Å². The van der Waals surface area contributed by atoms with Gasteiger partial charge < -0.3 is 20.1 Å². The van der Waals surface area contributed by atoms with Crippen molar-refractivity contribution in [2.45, 2.75) is 51.6 Å². The first-order chi connectivity index (χ1) is 12.5. The third-order valence-electron chi connectivity index (χ3n) is 5.59. The number of carboxylic acid groups (broad SMARTS) is 1. The Kier molecular flexibility index (Phi) is 8.65. The lowest BCUT2D eigenvalue weighted by Gasteiger charge is -2.36. The summed E-state index contributed by atoms with van der Waals surface area (Å²) in [4.78, 5) is 26.9. The SMILES string of the molecule is CCCC1CCCCC1CNC(=O)N1CCOC(CN(C)CC(=O)O)C1. The predicted molar refractivity (Wildman–Crippen MR) is 100 cm³/mol. The predicted octanol–water partition coefficient (Wildman–Crippen LogP) is 2.02. The van der Waals surface area contributed by atoms with Gasteiger partial charge in [-0.2, -0.15) is 0 Å². The van der Waals surface area contributed by atoms with Crippen LogP contribution in [0.2, 0.25) is 0 Å². The Bertz CT molecular complexity index is 458. The number of amides is 2. The standard InChI is InChI=1S/C19H35N3O4/c1-3-6-15-7-4-5-8-16(15)11-20-19(25)22-9-10-26-17(13-22)12-21(2)14-18(23)24/h15-17H,3-14H2,1-2H3,(H,20,25)(H,23,24). The van der Waals surface area contributed by atoms with E-state index in [1.165, 1.54) is 38.5 Å². The molecule has 150 valence electrons. The van der Waals surface area contributed by atoms with Crippen LogP contribution in [0.25, 0.3) is 0 Å². The van der Waals surface area contributed by atoms with Crippen LogP contribution >= 0.6 is 0 Å². The number of carbonyl (C=O) groups excluding carboxylic acids is 1. The molecular weight excluding hydrogens is 334 g/mol. The van der Waals surface area contributed by atoms with Crippen LogP contribution in [-0.2, 0) is 9.53 Å². The minimum atomic E-state index is -0.855. The molecule has 1 aliphatic carbocycles. The first-order valence-corrected chi connectivity index (χ1v) is 10.0. The van der Waals surface area contributed by atoms with E-state index in [1.54, 1.807) is 16.8 Å². The Morgan fingerprint density at radius 2 is 2.00 bits per heavy atom. The zero-order valence-electron chi connectivity index (χ0n) is 16.3. The number of hydrogen-bond donors (Lipinski definition) is 2. The summed E-state index contributed by atoms with van der Waals surface area (Å²) in [6, 6.07) is -0.0139. The van der Waals surface area contributed by atoms with Crippen LogP contribution in [0.4, 0.5) is 4.79 Å². The molecule has 2 aliphatic rings. The van der Waals surface area contributed by atoms with Gasteiger partial charge in [0.25, 0.3) is 0 Å². The van der Waals surface area contributed by atoms with Crippen LogP contribution in [0, 0.1) is 11.8 Å². The van der Waals surface area contributed by atoms with E-state index in [1.807, 2.05) is 0 Å². The maximum atomic E-state index is 12.6. The molecule has 2 fully saturated rings. The summed E-state index contributed by atoms with van der Waals surface area (Å²) in [7, 11) is 1.76. The Morgan fingerprint density at radius 1 is 1.27 bits per heavy atom. The molecule has 7 nitrogen and oxygen atoms in total. The van der Waals surface area contributed by atoms with E-state index in [0.717, 1.165) is 12.5 Å². The number of aliphatic carboxylic acids is 1. The Hall–Kier alpha value is -1.34. The van der Waals surface area contributed by atoms with Crippen molar-refractivity contribution in [3.8, 4) is 0 Å². The number of ether oxygens (including phenoxy) is 1. The zero-order valence-corrected chi connectivity index (χ0v) is 16.3. The van der Waals surface area contributed by atoms with E-state index in [2.05, 4.69) is 12.2 Å². The summed E-state index contributed by atoms with van der Waals surface area (Å²) in [5.41, 5.74) is 0. The molecule has 0 radical (unpaired) electrons. The summed E-state index contributed by atoms with van der Waals surface area (Å²) in [5.74, 6) is 0.495. The van der Waals surface area contributed by atoms with Crippen molar-refractivity contribution >= 4 is 12.0 Å². The molecule has 3 atom stereocenters. The number of rotatable bonds is 8. The Balaban J connectivity index is 1.76. The van der Waals surface area contributed by atoms with Crippen LogP contribution in [0.1, 0.15) is 45.4 Å².